The van der Waals surface area contributed by atoms with Gasteiger partial charge in [-0.15, -0.1) is 0 Å². The van der Waals surface area contributed by atoms with Gasteiger partial charge in [0.15, 0.2) is 11.5 Å². The van der Waals surface area contributed by atoms with Gasteiger partial charge in [-0.2, -0.15) is 5.10 Å². The van der Waals surface area contributed by atoms with E-state index in [0.29, 0.717) is 23.7 Å². The van der Waals surface area contributed by atoms with Crippen molar-refractivity contribution < 1.29 is 14.3 Å². The third-order valence-corrected chi connectivity index (χ3v) is 5.30. The van der Waals surface area contributed by atoms with E-state index >= 15 is 0 Å². The molecule has 0 bridgehead atoms. The van der Waals surface area contributed by atoms with Crippen molar-refractivity contribution in [1.82, 2.24) is 5.43 Å². The van der Waals surface area contributed by atoms with Crippen LogP contribution in [0.4, 0.5) is 5.69 Å². The Labute approximate surface area is 179 Å². The summed E-state index contributed by atoms with van der Waals surface area (Å²) in [6, 6.07) is 11.2. The summed E-state index contributed by atoms with van der Waals surface area (Å²) in [4.78, 5) is 14.7. The van der Waals surface area contributed by atoms with E-state index in [-0.39, 0.29) is 5.91 Å². The fourth-order valence-electron chi connectivity index (χ4n) is 3.09. The van der Waals surface area contributed by atoms with Gasteiger partial charge in [0.25, 0.3) is 5.91 Å². The lowest BCUT2D eigenvalue weighted by Gasteiger charge is -2.17. The van der Waals surface area contributed by atoms with Crippen molar-refractivity contribution in [3.63, 3.8) is 0 Å². The second-order valence-corrected chi connectivity index (χ2v) is 7.42. The molecule has 6 nitrogen and oxygen atoms in total. The molecule has 2 aromatic rings. The summed E-state index contributed by atoms with van der Waals surface area (Å²) in [5.41, 5.74) is 5.02. The molecule has 0 aliphatic carbocycles. The Morgan fingerprint density at radius 2 is 1.97 bits per heavy atom. The van der Waals surface area contributed by atoms with Gasteiger partial charge < -0.3 is 14.4 Å². The highest BCUT2D eigenvalue weighted by Crippen LogP contribution is 2.33. The molecular formula is C22H24BrN3O3. The molecule has 1 fully saturated rings. The van der Waals surface area contributed by atoms with Gasteiger partial charge in [-0.25, -0.2) is 5.43 Å². The van der Waals surface area contributed by atoms with Crippen molar-refractivity contribution in [2.45, 2.75) is 12.8 Å². The molecule has 1 saturated heterocycles. The fraction of sp³-hybridized carbons (Fsp3) is 0.273. The quantitative estimate of drug-likeness (QED) is 0.362. The Morgan fingerprint density at radius 3 is 2.62 bits per heavy atom. The average molecular weight is 458 g/mol. The first-order valence-corrected chi connectivity index (χ1v) is 10.2. The van der Waals surface area contributed by atoms with Crippen LogP contribution < -0.4 is 19.8 Å². The van der Waals surface area contributed by atoms with E-state index in [2.05, 4.69) is 37.9 Å². The number of anilines is 1. The fourth-order valence-corrected chi connectivity index (χ4v) is 3.52. The van der Waals surface area contributed by atoms with Gasteiger partial charge >= 0.3 is 0 Å². The lowest BCUT2D eigenvalue weighted by molar-refractivity contribution is 0.0955. The number of methoxy groups -OCH3 is 1. The number of benzene rings is 2. The number of carbonyl (C=O) groups excluding carboxylic acids is 1. The van der Waals surface area contributed by atoms with E-state index in [1.807, 2.05) is 24.3 Å². The molecule has 0 atom stereocenters. The van der Waals surface area contributed by atoms with Crippen LogP contribution >= 0.6 is 15.9 Å². The molecule has 2 aromatic carbocycles. The Kier molecular flexibility index (Phi) is 7.30. The number of hydrogen-bond acceptors (Lipinski definition) is 5. The molecule has 1 aliphatic rings. The van der Waals surface area contributed by atoms with Crippen LogP contribution in [0.15, 0.2) is 58.6 Å². The first-order valence-electron chi connectivity index (χ1n) is 9.42. The normalized spacial score (nSPS) is 13.5. The second-order valence-electron chi connectivity index (χ2n) is 6.56. The minimum atomic E-state index is -0.261. The van der Waals surface area contributed by atoms with Crippen LogP contribution in [0.5, 0.6) is 11.5 Å². The van der Waals surface area contributed by atoms with Crippen molar-refractivity contribution in [1.29, 1.82) is 0 Å². The van der Waals surface area contributed by atoms with Crippen LogP contribution in [0.25, 0.3) is 0 Å². The molecule has 1 aliphatic heterocycles. The van der Waals surface area contributed by atoms with Gasteiger partial charge in [0.1, 0.15) is 6.61 Å². The maximum absolute atomic E-state index is 12.3. The number of carbonyl (C=O) groups is 1. The highest BCUT2D eigenvalue weighted by Gasteiger charge is 2.13. The van der Waals surface area contributed by atoms with Crippen molar-refractivity contribution in [3.8, 4) is 11.5 Å². The molecule has 1 N–H and O–H groups in total. The van der Waals surface area contributed by atoms with Crippen molar-refractivity contribution in [2.24, 2.45) is 5.10 Å². The van der Waals surface area contributed by atoms with Crippen LogP contribution in [0.3, 0.4) is 0 Å². The van der Waals surface area contributed by atoms with Gasteiger partial charge in [0.05, 0.1) is 13.3 Å². The number of hydrazone groups is 1. The first kappa shape index (κ1) is 20.9. The number of ether oxygens (including phenoxy) is 2. The predicted octanol–water partition coefficient (Wildman–Crippen LogP) is 4.39. The zero-order valence-electron chi connectivity index (χ0n) is 16.4. The largest absolute Gasteiger partial charge is 0.493 e. The summed E-state index contributed by atoms with van der Waals surface area (Å²) in [5.74, 6) is 0.905. The lowest BCUT2D eigenvalue weighted by Crippen LogP contribution is -2.19. The molecule has 152 valence electrons. The molecule has 0 radical (unpaired) electrons. The van der Waals surface area contributed by atoms with Crippen molar-refractivity contribution in [3.05, 3.63) is 64.7 Å². The summed E-state index contributed by atoms with van der Waals surface area (Å²) < 4.78 is 11.7. The predicted molar refractivity (Wildman–Crippen MR) is 119 cm³/mol. The third-order valence-electron chi connectivity index (χ3n) is 4.61. The van der Waals surface area contributed by atoms with Crippen LogP contribution in [0, 0.1) is 0 Å². The number of nitrogens with one attached hydrogen (secondary N) is 1. The lowest BCUT2D eigenvalue weighted by atomic mass is 10.2. The highest BCUT2D eigenvalue weighted by atomic mass is 79.9. The molecule has 3 rings (SSSR count). The number of nitrogens with zero attached hydrogens (tertiary/aromatic N) is 2. The molecule has 29 heavy (non-hydrogen) atoms. The summed E-state index contributed by atoms with van der Waals surface area (Å²) in [7, 11) is 1.57. The van der Waals surface area contributed by atoms with Crippen molar-refractivity contribution >= 4 is 33.7 Å². The molecule has 0 spiro atoms. The molecular weight excluding hydrogens is 434 g/mol. The average Bonchev–Trinajstić information content (AvgIpc) is 3.28. The summed E-state index contributed by atoms with van der Waals surface area (Å²) in [6.07, 6.45) is 5.66. The smallest absolute Gasteiger partial charge is 0.271 e. The Morgan fingerprint density at radius 1 is 1.24 bits per heavy atom. The van der Waals surface area contributed by atoms with Crippen LogP contribution in [0.1, 0.15) is 28.8 Å². The first-order chi connectivity index (χ1) is 14.1. The van der Waals surface area contributed by atoms with Gasteiger partial charge in [0.2, 0.25) is 0 Å². The van der Waals surface area contributed by atoms with E-state index in [1.165, 1.54) is 12.8 Å². The summed E-state index contributed by atoms with van der Waals surface area (Å²) in [5, 5.41) is 4.07. The van der Waals surface area contributed by atoms with Gasteiger partial charge in [-0.3, -0.25) is 4.79 Å². The number of amides is 1. The SMILES string of the molecule is C=CCOc1cc(Br)c(/C=N\NC(=O)c2ccc(N3CCCC3)cc2)cc1OC. The van der Waals surface area contributed by atoms with E-state index in [9.17, 15) is 4.79 Å². The summed E-state index contributed by atoms with van der Waals surface area (Å²) >= 11 is 3.48. The maximum Gasteiger partial charge on any atom is 0.271 e. The topological polar surface area (TPSA) is 63.2 Å². The van der Waals surface area contributed by atoms with Crippen LogP contribution in [-0.4, -0.2) is 38.9 Å². The van der Waals surface area contributed by atoms with Gasteiger partial charge in [-0.1, -0.05) is 12.7 Å². The minimum absolute atomic E-state index is 0.261. The van der Waals surface area contributed by atoms with Gasteiger partial charge in [-0.05, 0) is 65.2 Å². The zero-order valence-corrected chi connectivity index (χ0v) is 17.9. The Balaban J connectivity index is 1.64. The molecule has 0 aromatic heterocycles. The van der Waals surface area contributed by atoms with E-state index in [1.54, 1.807) is 31.5 Å². The van der Waals surface area contributed by atoms with Gasteiger partial charge in [0, 0.05) is 34.4 Å². The number of rotatable bonds is 8. The zero-order chi connectivity index (χ0) is 20.6. The second kappa shape index (κ2) is 10.1. The van der Waals surface area contributed by atoms with Crippen LogP contribution in [-0.2, 0) is 0 Å². The van der Waals surface area contributed by atoms with E-state index < -0.39 is 0 Å². The Bertz CT molecular complexity index is 891. The van der Waals surface area contributed by atoms with Crippen LogP contribution in [0.2, 0.25) is 0 Å². The number of hydrogen-bond donors (Lipinski definition) is 1. The summed E-state index contributed by atoms with van der Waals surface area (Å²) in [6.45, 7) is 6.16. The molecule has 0 saturated carbocycles. The highest BCUT2D eigenvalue weighted by molar-refractivity contribution is 9.10. The Hall–Kier alpha value is -2.80. The van der Waals surface area contributed by atoms with E-state index in [4.69, 9.17) is 9.47 Å². The molecule has 1 amide bonds. The monoisotopic (exact) mass is 457 g/mol. The van der Waals surface area contributed by atoms with E-state index in [0.717, 1.165) is 28.8 Å². The number of halogens is 1. The molecule has 1 heterocycles. The minimum Gasteiger partial charge on any atom is -0.493 e. The third kappa shape index (κ3) is 5.38. The molecule has 7 heteroatoms. The standard InChI is InChI=1S/C22H24BrN3O3/c1-3-12-29-21-14-19(23)17(13-20(21)28-2)15-24-25-22(27)16-6-8-18(9-7-16)26-10-4-5-11-26/h3,6-9,13-15H,1,4-5,10-12H2,2H3,(H,25,27)/b24-15-. The molecule has 0 unspecified atom stereocenters. The maximum atomic E-state index is 12.3. The van der Waals surface area contributed by atoms with Crippen molar-refractivity contribution in [2.75, 3.05) is 31.7 Å².